The van der Waals surface area contributed by atoms with Crippen LogP contribution >= 0.6 is 11.8 Å². The zero-order valence-corrected chi connectivity index (χ0v) is 26.6. The van der Waals surface area contributed by atoms with Crippen LogP contribution in [0.4, 0.5) is 13.2 Å². The van der Waals surface area contributed by atoms with Crippen molar-refractivity contribution >= 4 is 41.2 Å². The van der Waals surface area contributed by atoms with E-state index >= 15 is 0 Å². The lowest BCUT2D eigenvalue weighted by atomic mass is 10.0. The number of aliphatic carboxylic acids is 1. The zero-order chi connectivity index (χ0) is 34.9. The molecule has 0 unspecified atom stereocenters. The third-order valence-corrected chi connectivity index (χ3v) is 7.50. The number of hydrogen-bond acceptors (Lipinski definition) is 8. The maximum Gasteiger partial charge on any atom is 0.435 e. The number of alkyl halides is 3. The van der Waals surface area contributed by atoms with Gasteiger partial charge < -0.3 is 25.8 Å². The molecule has 252 valence electrons. The maximum atomic E-state index is 13.4. The number of aromatic nitrogens is 2. The van der Waals surface area contributed by atoms with Crippen molar-refractivity contribution in [2.45, 2.75) is 56.4 Å². The molecule has 0 saturated heterocycles. The Labute approximate surface area is 272 Å². The van der Waals surface area contributed by atoms with E-state index in [-0.39, 0.29) is 11.6 Å². The molecule has 3 atom stereocenters. The summed E-state index contributed by atoms with van der Waals surface area (Å²) in [6, 6.07) is 11.0. The molecule has 4 N–H and O–H groups in total. The number of carboxylic acids is 1. The van der Waals surface area contributed by atoms with E-state index in [0.717, 1.165) is 9.58 Å². The van der Waals surface area contributed by atoms with Crippen molar-refractivity contribution in [2.24, 2.45) is 5.92 Å². The van der Waals surface area contributed by atoms with Crippen LogP contribution in [-0.2, 0) is 25.4 Å². The van der Waals surface area contributed by atoms with E-state index in [1.54, 1.807) is 56.3 Å². The number of carbonyl (C=O) groups is 5. The number of carbonyl (C=O) groups excluding carboxylic acids is 4. The Hall–Kier alpha value is -4.86. The number of Topliss-reactive ketones (excluding diaryl/α,β-unsaturated/α-hetero) is 1. The number of carboxylic acid groups (broad SMARTS) is 1. The minimum absolute atomic E-state index is 0.204. The number of nitrogens with zero attached hydrogens (tertiary/aromatic N) is 2. The van der Waals surface area contributed by atoms with Crippen LogP contribution in [0.15, 0.2) is 65.6 Å². The summed E-state index contributed by atoms with van der Waals surface area (Å²) in [6.45, 7) is 3.77. The van der Waals surface area contributed by atoms with Crippen LogP contribution in [0.2, 0.25) is 0 Å². The third kappa shape index (κ3) is 10.3. The number of ether oxygens (including phenoxy) is 1. The van der Waals surface area contributed by atoms with Crippen molar-refractivity contribution in [3.8, 4) is 11.6 Å². The second kappa shape index (κ2) is 16.1. The summed E-state index contributed by atoms with van der Waals surface area (Å²) in [4.78, 5) is 64.2. The van der Waals surface area contributed by atoms with Crippen LogP contribution < -0.4 is 20.7 Å². The molecule has 0 bridgehead atoms. The highest BCUT2D eigenvalue weighted by Gasteiger charge is 2.36. The van der Waals surface area contributed by atoms with Crippen LogP contribution in [0.1, 0.15) is 43.2 Å². The average molecular weight is 678 g/mol. The topological polar surface area (TPSA) is 169 Å². The first-order chi connectivity index (χ1) is 22.1. The molecule has 12 nitrogen and oxygen atoms in total. The minimum atomic E-state index is -4.82. The smallest absolute Gasteiger partial charge is 0.435 e. The number of halogens is 3. The van der Waals surface area contributed by atoms with Gasteiger partial charge in [-0.15, -0.1) is 11.8 Å². The van der Waals surface area contributed by atoms with Gasteiger partial charge in [-0.05, 0) is 55.5 Å². The second-order valence-electron chi connectivity index (χ2n) is 10.7. The fraction of sp³-hybridized carbons (Fsp3) is 0.355. The van der Waals surface area contributed by atoms with Gasteiger partial charge in [-0.25, -0.2) is 4.68 Å². The molecule has 0 fully saturated rings. The van der Waals surface area contributed by atoms with E-state index in [1.165, 1.54) is 30.8 Å². The molecular weight excluding hydrogens is 643 g/mol. The number of thioether (sulfide) groups is 1. The number of hydrogen-bond donors (Lipinski definition) is 4. The van der Waals surface area contributed by atoms with Crippen molar-refractivity contribution < 1.29 is 47.0 Å². The molecule has 3 rings (SSSR count). The highest BCUT2D eigenvalue weighted by atomic mass is 32.2. The molecule has 1 aromatic heterocycles. The minimum Gasteiger partial charge on any atom is -0.481 e. The number of para-hydroxylation sites is 1. The van der Waals surface area contributed by atoms with Gasteiger partial charge in [0.25, 0.3) is 5.91 Å². The van der Waals surface area contributed by atoms with Crippen LogP contribution in [0.3, 0.4) is 0 Å². The molecule has 1 heterocycles. The van der Waals surface area contributed by atoms with Crippen molar-refractivity contribution in [3.05, 3.63) is 71.9 Å². The summed E-state index contributed by atoms with van der Waals surface area (Å²) in [6.07, 6.45) is -3.81. The quantitative estimate of drug-likeness (QED) is 0.176. The fourth-order valence-electron chi connectivity index (χ4n) is 4.19. The van der Waals surface area contributed by atoms with E-state index in [1.807, 2.05) is 6.26 Å². The summed E-state index contributed by atoms with van der Waals surface area (Å²) >= 11 is 1.50. The van der Waals surface area contributed by atoms with Crippen LogP contribution in [0.5, 0.6) is 5.88 Å². The Bertz CT molecular complexity index is 1580. The van der Waals surface area contributed by atoms with Crippen LogP contribution in [0.25, 0.3) is 5.69 Å². The monoisotopic (exact) mass is 677 g/mol. The second-order valence-corrected chi connectivity index (χ2v) is 11.6. The lowest BCUT2D eigenvalue weighted by molar-refractivity contribution is -0.142. The SMILES string of the molecule is CSc1ccc(C(=O)N[C@H](C(=O)N[C@@H](C)C(=O)N[C@@H](CC(=O)O)C(=O)COc2cc(C(F)(F)F)nn2-c2ccccc2)C(C)C)cc1. The number of benzene rings is 2. The van der Waals surface area contributed by atoms with E-state index < -0.39 is 78.4 Å². The molecule has 3 amide bonds. The zero-order valence-electron chi connectivity index (χ0n) is 25.8. The number of nitrogens with one attached hydrogen (secondary N) is 3. The first-order valence-electron chi connectivity index (χ1n) is 14.3. The Balaban J connectivity index is 1.67. The van der Waals surface area contributed by atoms with Gasteiger partial charge in [0.05, 0.1) is 12.1 Å². The summed E-state index contributed by atoms with van der Waals surface area (Å²) in [5, 5.41) is 20.2. The van der Waals surface area contributed by atoms with E-state index in [0.29, 0.717) is 11.6 Å². The van der Waals surface area contributed by atoms with E-state index in [9.17, 15) is 42.3 Å². The van der Waals surface area contributed by atoms with E-state index in [2.05, 4.69) is 21.0 Å². The van der Waals surface area contributed by atoms with Gasteiger partial charge in [-0.1, -0.05) is 32.0 Å². The molecular formula is C31H34F3N5O7S. The molecule has 3 aromatic rings. The lowest BCUT2D eigenvalue weighted by Crippen LogP contribution is -2.56. The molecule has 0 aliphatic rings. The van der Waals surface area contributed by atoms with Gasteiger partial charge in [0.1, 0.15) is 18.1 Å². The lowest BCUT2D eigenvalue weighted by Gasteiger charge is -2.25. The van der Waals surface area contributed by atoms with Crippen molar-refractivity contribution in [1.82, 2.24) is 25.7 Å². The van der Waals surface area contributed by atoms with Gasteiger partial charge in [-0.3, -0.25) is 24.0 Å². The number of amides is 3. The third-order valence-electron chi connectivity index (χ3n) is 6.75. The van der Waals surface area contributed by atoms with E-state index in [4.69, 9.17) is 4.74 Å². The summed E-state index contributed by atoms with van der Waals surface area (Å²) in [7, 11) is 0. The summed E-state index contributed by atoms with van der Waals surface area (Å²) in [5.74, 6) is -5.38. The van der Waals surface area contributed by atoms with Gasteiger partial charge >= 0.3 is 12.1 Å². The van der Waals surface area contributed by atoms with Crippen LogP contribution in [0, 0.1) is 5.92 Å². The van der Waals surface area contributed by atoms with Crippen molar-refractivity contribution in [3.63, 3.8) is 0 Å². The Kier molecular flexibility index (Phi) is 12.5. The van der Waals surface area contributed by atoms with Gasteiger partial charge in [0.15, 0.2) is 18.1 Å². The highest BCUT2D eigenvalue weighted by Crippen LogP contribution is 2.32. The van der Waals surface area contributed by atoms with Crippen LogP contribution in [-0.4, -0.2) is 75.3 Å². The normalized spacial score (nSPS) is 13.3. The first-order valence-corrected chi connectivity index (χ1v) is 15.5. The predicted molar refractivity (Wildman–Crippen MR) is 165 cm³/mol. The molecule has 0 aliphatic heterocycles. The average Bonchev–Trinajstić information content (AvgIpc) is 3.47. The first kappa shape index (κ1) is 36.6. The Morgan fingerprint density at radius 3 is 2.13 bits per heavy atom. The highest BCUT2D eigenvalue weighted by molar-refractivity contribution is 7.98. The van der Waals surface area contributed by atoms with Crippen molar-refractivity contribution in [2.75, 3.05) is 12.9 Å². The Morgan fingerprint density at radius 2 is 1.57 bits per heavy atom. The Morgan fingerprint density at radius 1 is 0.936 bits per heavy atom. The predicted octanol–water partition coefficient (Wildman–Crippen LogP) is 3.48. The number of ketones is 1. The van der Waals surface area contributed by atoms with Gasteiger partial charge in [0, 0.05) is 16.5 Å². The molecule has 0 radical (unpaired) electrons. The van der Waals surface area contributed by atoms with Gasteiger partial charge in [-0.2, -0.15) is 18.3 Å². The number of rotatable bonds is 15. The molecule has 0 saturated carbocycles. The largest absolute Gasteiger partial charge is 0.481 e. The molecule has 47 heavy (non-hydrogen) atoms. The molecule has 2 aromatic carbocycles. The summed E-state index contributed by atoms with van der Waals surface area (Å²) in [5.41, 5.74) is -0.756. The molecule has 16 heteroatoms. The van der Waals surface area contributed by atoms with Crippen molar-refractivity contribution in [1.29, 1.82) is 0 Å². The van der Waals surface area contributed by atoms with Gasteiger partial charge in [0.2, 0.25) is 17.7 Å². The standard InChI is InChI=1S/C31H34F3N5O7S/c1-17(2)27(37-29(44)19-10-12-21(47-4)13-11-19)30(45)35-18(3)28(43)36-22(14-26(41)42)23(40)16-46-25-15-24(31(32,33)34)38-39(25)20-8-6-5-7-9-20/h5-13,15,17-18,22,27H,14,16H2,1-4H3,(H,35,45)(H,36,43)(H,37,44)(H,41,42)/t18-,22-,27-/m0/s1. The molecule has 0 spiro atoms. The fourth-order valence-corrected chi connectivity index (χ4v) is 4.60. The summed E-state index contributed by atoms with van der Waals surface area (Å²) < 4.78 is 46.3. The molecule has 0 aliphatic carbocycles. The maximum absolute atomic E-state index is 13.4.